The minimum Gasteiger partial charge on any atom is -0.354 e. The number of aryl methyl sites for hydroxylation is 1. The van der Waals surface area contributed by atoms with Gasteiger partial charge in [0, 0.05) is 35.1 Å². The third-order valence-electron chi connectivity index (χ3n) is 6.53. The minimum atomic E-state index is -3.85. The molecule has 0 aliphatic heterocycles. The number of halogens is 2. The van der Waals surface area contributed by atoms with E-state index in [9.17, 15) is 18.0 Å². The summed E-state index contributed by atoms with van der Waals surface area (Å²) in [5.74, 6) is -0.901. The van der Waals surface area contributed by atoms with Crippen LogP contribution in [-0.2, 0) is 39.0 Å². The van der Waals surface area contributed by atoms with E-state index in [2.05, 4.69) is 5.32 Å². The summed E-state index contributed by atoms with van der Waals surface area (Å²) in [7, 11) is -3.85. The molecule has 1 atom stereocenters. The van der Waals surface area contributed by atoms with Gasteiger partial charge >= 0.3 is 0 Å². The first kappa shape index (κ1) is 31.5. The summed E-state index contributed by atoms with van der Waals surface area (Å²) in [6, 6.07) is 20.5. The Morgan fingerprint density at radius 1 is 0.900 bits per heavy atom. The van der Waals surface area contributed by atoms with E-state index in [1.165, 1.54) is 4.90 Å². The third-order valence-corrected chi connectivity index (χ3v) is 8.37. The quantitative estimate of drug-likeness (QED) is 0.280. The number of carbonyl (C=O) groups excluding carboxylic acids is 2. The number of amides is 2. The highest BCUT2D eigenvalue weighted by molar-refractivity contribution is 7.92. The molecule has 3 rings (SSSR count). The number of para-hydroxylation sites is 1. The molecule has 0 radical (unpaired) electrons. The van der Waals surface area contributed by atoms with Crippen LogP contribution in [0, 0.1) is 0 Å². The second kappa shape index (κ2) is 14.5. The predicted octanol–water partition coefficient (Wildman–Crippen LogP) is 5.49. The van der Waals surface area contributed by atoms with Crippen LogP contribution in [0.25, 0.3) is 0 Å². The average molecular weight is 605 g/mol. The molecule has 0 aliphatic rings. The molecule has 3 aromatic rings. The van der Waals surface area contributed by atoms with Gasteiger partial charge in [0.05, 0.1) is 11.9 Å². The van der Waals surface area contributed by atoms with Gasteiger partial charge < -0.3 is 10.2 Å². The first-order chi connectivity index (χ1) is 19.1. The molecule has 0 bridgehead atoms. The van der Waals surface area contributed by atoms with Crippen molar-refractivity contribution in [1.29, 1.82) is 0 Å². The van der Waals surface area contributed by atoms with Gasteiger partial charge in [-0.25, -0.2) is 8.42 Å². The summed E-state index contributed by atoms with van der Waals surface area (Å²) in [5.41, 5.74) is 2.52. The van der Waals surface area contributed by atoms with Crippen LogP contribution in [0.3, 0.4) is 0 Å². The molecular formula is C30H35Cl2N3O4S. The number of sulfonamides is 1. The predicted molar refractivity (Wildman–Crippen MR) is 162 cm³/mol. The number of carbonyl (C=O) groups is 2. The number of nitrogens with zero attached hydrogens (tertiary/aromatic N) is 2. The van der Waals surface area contributed by atoms with Gasteiger partial charge in [0.15, 0.2) is 0 Å². The largest absolute Gasteiger partial charge is 0.354 e. The van der Waals surface area contributed by atoms with Crippen LogP contribution in [0.15, 0.2) is 72.8 Å². The second-order valence-corrected chi connectivity index (χ2v) is 12.2. The number of rotatable bonds is 13. The van der Waals surface area contributed by atoms with Crippen molar-refractivity contribution in [1.82, 2.24) is 10.2 Å². The van der Waals surface area contributed by atoms with E-state index in [4.69, 9.17) is 23.2 Å². The molecule has 7 nitrogen and oxygen atoms in total. The van der Waals surface area contributed by atoms with Gasteiger partial charge in [-0.3, -0.25) is 13.9 Å². The maximum atomic E-state index is 14.2. The Kier molecular flexibility index (Phi) is 11.4. The number of hydrogen-bond donors (Lipinski definition) is 1. The molecule has 0 aromatic heterocycles. The molecule has 0 saturated heterocycles. The van der Waals surface area contributed by atoms with Crippen molar-refractivity contribution < 1.29 is 18.0 Å². The summed E-state index contributed by atoms with van der Waals surface area (Å²) in [5, 5.41) is 3.59. The van der Waals surface area contributed by atoms with E-state index in [-0.39, 0.29) is 18.9 Å². The fourth-order valence-electron chi connectivity index (χ4n) is 4.42. The van der Waals surface area contributed by atoms with Crippen LogP contribution < -0.4 is 9.62 Å². The van der Waals surface area contributed by atoms with Crippen molar-refractivity contribution in [2.45, 2.75) is 45.7 Å². The number of nitrogens with one attached hydrogen (secondary N) is 1. The molecule has 0 aliphatic carbocycles. The van der Waals surface area contributed by atoms with Crippen molar-refractivity contribution in [3.05, 3.63) is 99.5 Å². The topological polar surface area (TPSA) is 86.8 Å². The van der Waals surface area contributed by atoms with E-state index < -0.39 is 28.5 Å². The van der Waals surface area contributed by atoms with Gasteiger partial charge in [-0.05, 0) is 42.2 Å². The molecule has 3 aromatic carbocycles. The Balaban J connectivity index is 2.11. The maximum Gasteiger partial charge on any atom is 0.244 e. The lowest BCUT2D eigenvalue weighted by atomic mass is 10.0. The Labute approximate surface area is 247 Å². The summed E-state index contributed by atoms with van der Waals surface area (Å²) < 4.78 is 27.1. The molecule has 0 spiro atoms. The summed E-state index contributed by atoms with van der Waals surface area (Å²) in [4.78, 5) is 29.1. The van der Waals surface area contributed by atoms with Crippen LogP contribution in [0.1, 0.15) is 37.0 Å². The number of hydrogen-bond acceptors (Lipinski definition) is 4. The summed E-state index contributed by atoms with van der Waals surface area (Å²) in [6.45, 7) is 3.71. The smallest absolute Gasteiger partial charge is 0.244 e. The number of benzene rings is 3. The van der Waals surface area contributed by atoms with Crippen molar-refractivity contribution in [2.24, 2.45) is 0 Å². The van der Waals surface area contributed by atoms with Gasteiger partial charge in [-0.2, -0.15) is 0 Å². The average Bonchev–Trinajstić information content (AvgIpc) is 2.93. The van der Waals surface area contributed by atoms with Crippen molar-refractivity contribution in [3.8, 4) is 0 Å². The molecular weight excluding hydrogens is 569 g/mol. The standard InChI is InChI=1S/C30H35Cl2N3O4S/c1-4-18-33-30(37)28(19-22-12-7-6-8-13-22)34(20-24-25(31)15-11-16-26(24)32)29(36)21-35(40(3,38)39)27-17-10-9-14-23(27)5-2/h6-17,28H,4-5,18-21H2,1-3H3,(H,33,37)/t28-/m1/s1. The summed E-state index contributed by atoms with van der Waals surface area (Å²) >= 11 is 13.0. The highest BCUT2D eigenvalue weighted by atomic mass is 35.5. The van der Waals surface area contributed by atoms with Crippen LogP contribution >= 0.6 is 23.2 Å². The SMILES string of the molecule is CCCNC(=O)[C@@H](Cc1ccccc1)N(Cc1c(Cl)cccc1Cl)C(=O)CN(c1ccccc1CC)S(C)(=O)=O. The van der Waals surface area contributed by atoms with Crippen LogP contribution in [-0.4, -0.2) is 50.5 Å². The number of anilines is 1. The van der Waals surface area contributed by atoms with E-state index in [1.807, 2.05) is 56.3 Å². The lowest BCUT2D eigenvalue weighted by Gasteiger charge is -2.34. The lowest BCUT2D eigenvalue weighted by molar-refractivity contribution is -0.140. The highest BCUT2D eigenvalue weighted by Crippen LogP contribution is 2.28. The fourth-order valence-corrected chi connectivity index (χ4v) is 5.82. The third kappa shape index (κ3) is 8.22. The molecule has 2 amide bonds. The van der Waals surface area contributed by atoms with Crippen LogP contribution in [0.2, 0.25) is 10.0 Å². The first-order valence-electron chi connectivity index (χ1n) is 13.2. The zero-order valence-electron chi connectivity index (χ0n) is 22.9. The van der Waals surface area contributed by atoms with E-state index in [0.29, 0.717) is 40.7 Å². The monoisotopic (exact) mass is 603 g/mol. The van der Waals surface area contributed by atoms with Gasteiger partial charge in [-0.1, -0.05) is 91.6 Å². The fraction of sp³-hybridized carbons (Fsp3) is 0.333. The van der Waals surface area contributed by atoms with Crippen LogP contribution in [0.5, 0.6) is 0 Å². The van der Waals surface area contributed by atoms with Gasteiger partial charge in [-0.15, -0.1) is 0 Å². The molecule has 40 heavy (non-hydrogen) atoms. The molecule has 0 fully saturated rings. The van der Waals surface area contributed by atoms with Crippen molar-refractivity contribution in [3.63, 3.8) is 0 Å². The van der Waals surface area contributed by atoms with E-state index >= 15 is 0 Å². The van der Waals surface area contributed by atoms with Gasteiger partial charge in [0.1, 0.15) is 12.6 Å². The van der Waals surface area contributed by atoms with E-state index in [0.717, 1.165) is 21.7 Å². The van der Waals surface area contributed by atoms with Gasteiger partial charge in [0.25, 0.3) is 0 Å². The Morgan fingerprint density at radius 3 is 2.12 bits per heavy atom. The zero-order valence-corrected chi connectivity index (χ0v) is 25.3. The van der Waals surface area contributed by atoms with Gasteiger partial charge in [0.2, 0.25) is 21.8 Å². The second-order valence-electron chi connectivity index (χ2n) is 9.47. The summed E-state index contributed by atoms with van der Waals surface area (Å²) in [6.07, 6.45) is 2.57. The Morgan fingerprint density at radius 2 is 1.52 bits per heavy atom. The normalized spacial score (nSPS) is 12.0. The molecule has 1 N–H and O–H groups in total. The molecule has 10 heteroatoms. The first-order valence-corrected chi connectivity index (χ1v) is 15.8. The molecule has 0 heterocycles. The molecule has 0 saturated carbocycles. The van der Waals surface area contributed by atoms with Crippen molar-refractivity contribution >= 4 is 50.7 Å². The maximum absolute atomic E-state index is 14.2. The molecule has 214 valence electrons. The van der Waals surface area contributed by atoms with Crippen molar-refractivity contribution in [2.75, 3.05) is 23.7 Å². The van der Waals surface area contributed by atoms with E-state index in [1.54, 1.807) is 30.3 Å². The molecule has 0 unspecified atom stereocenters. The lowest BCUT2D eigenvalue weighted by Crippen LogP contribution is -2.53. The Hall–Kier alpha value is -3.07. The minimum absolute atomic E-state index is 0.0819. The van der Waals surface area contributed by atoms with Crippen LogP contribution in [0.4, 0.5) is 5.69 Å². The zero-order chi connectivity index (χ0) is 29.3. The Bertz CT molecular complexity index is 1400. The highest BCUT2D eigenvalue weighted by Gasteiger charge is 2.34.